The summed E-state index contributed by atoms with van der Waals surface area (Å²) in [6.45, 7) is 2.02. The summed E-state index contributed by atoms with van der Waals surface area (Å²) < 4.78 is 31.0. The van der Waals surface area contributed by atoms with Crippen LogP contribution >= 0.6 is 24.2 Å². The number of unbranched alkanes of at least 4 members (excludes halogenated alkanes) is 2. The highest BCUT2D eigenvalue weighted by atomic mass is 35.5. The van der Waals surface area contributed by atoms with Crippen LogP contribution in [0.25, 0.3) is 0 Å². The fourth-order valence-electron chi connectivity index (χ4n) is 1.75. The van der Waals surface area contributed by atoms with E-state index in [2.05, 4.69) is 12.6 Å². The third-order valence-corrected chi connectivity index (χ3v) is 5.56. The maximum absolute atomic E-state index is 11.6. The van der Waals surface area contributed by atoms with Crippen molar-refractivity contribution < 1.29 is 13.0 Å². The highest BCUT2D eigenvalue weighted by molar-refractivity contribution is 8.02. The van der Waals surface area contributed by atoms with Crippen LogP contribution in [0.4, 0.5) is 0 Å². The van der Waals surface area contributed by atoms with Crippen molar-refractivity contribution in [3.63, 3.8) is 0 Å². The maximum Gasteiger partial charge on any atom is 0.284 e. The van der Waals surface area contributed by atoms with E-state index < -0.39 is 14.2 Å². The van der Waals surface area contributed by atoms with E-state index in [1.54, 1.807) is 24.3 Å². The average molecular weight is 309 g/mol. The monoisotopic (exact) mass is 308 g/mol. The zero-order valence-corrected chi connectivity index (χ0v) is 12.6. The lowest BCUT2D eigenvalue weighted by Gasteiger charge is -2.25. The second kappa shape index (κ2) is 6.28. The number of benzene rings is 1. The van der Waals surface area contributed by atoms with Gasteiger partial charge in [-0.2, -0.15) is 8.42 Å². The summed E-state index contributed by atoms with van der Waals surface area (Å²) in [4.78, 5) is 0. The van der Waals surface area contributed by atoms with Crippen molar-refractivity contribution in [1.82, 2.24) is 0 Å². The van der Waals surface area contributed by atoms with Gasteiger partial charge >= 0.3 is 0 Å². The van der Waals surface area contributed by atoms with Gasteiger partial charge in [0.1, 0.15) is 0 Å². The van der Waals surface area contributed by atoms with E-state index in [1.165, 1.54) is 0 Å². The molecule has 1 N–H and O–H groups in total. The highest BCUT2D eigenvalue weighted by Crippen LogP contribution is 2.39. The Balaban J connectivity index is 3.09. The molecule has 0 spiro atoms. The van der Waals surface area contributed by atoms with Crippen LogP contribution in [-0.2, 0) is 14.2 Å². The molecule has 0 saturated carbocycles. The fraction of sp³-hybridized carbons (Fsp3) is 0.500. The summed E-state index contributed by atoms with van der Waals surface area (Å²) in [5, 5.41) is 0.512. The van der Waals surface area contributed by atoms with Gasteiger partial charge in [0.05, 0.1) is 0 Å². The lowest BCUT2D eigenvalue weighted by atomic mass is 10.1. The Morgan fingerprint density at radius 2 is 1.83 bits per heavy atom. The SMILES string of the molecule is CCCCCC(S)(c1ccc(Cl)cc1)S(=O)(=O)O. The summed E-state index contributed by atoms with van der Waals surface area (Å²) in [6, 6.07) is 6.34. The lowest BCUT2D eigenvalue weighted by molar-refractivity contribution is 0.451. The van der Waals surface area contributed by atoms with Crippen LogP contribution in [0.1, 0.15) is 38.2 Å². The first-order valence-corrected chi connectivity index (χ1v) is 8.03. The molecule has 0 aliphatic rings. The van der Waals surface area contributed by atoms with Crippen LogP contribution in [0.2, 0.25) is 5.02 Å². The van der Waals surface area contributed by atoms with E-state index in [-0.39, 0.29) is 6.42 Å². The molecule has 0 heterocycles. The molecule has 0 bridgehead atoms. The second-order valence-corrected chi connectivity index (χ2v) is 7.37. The van der Waals surface area contributed by atoms with Crippen molar-refractivity contribution >= 4 is 34.3 Å². The minimum absolute atomic E-state index is 0.268. The van der Waals surface area contributed by atoms with E-state index in [1.807, 2.05) is 6.92 Å². The van der Waals surface area contributed by atoms with Gasteiger partial charge in [-0.1, -0.05) is 49.9 Å². The predicted octanol–water partition coefficient (Wildman–Crippen LogP) is 3.89. The van der Waals surface area contributed by atoms with Crippen LogP contribution in [0.3, 0.4) is 0 Å². The Morgan fingerprint density at radius 3 is 2.28 bits per heavy atom. The van der Waals surface area contributed by atoms with Crippen LogP contribution in [0.15, 0.2) is 24.3 Å². The minimum atomic E-state index is -4.29. The van der Waals surface area contributed by atoms with Crippen LogP contribution in [-0.4, -0.2) is 13.0 Å². The van der Waals surface area contributed by atoms with Crippen molar-refractivity contribution in [3.8, 4) is 0 Å². The van der Waals surface area contributed by atoms with E-state index in [4.69, 9.17) is 11.6 Å². The van der Waals surface area contributed by atoms with Gasteiger partial charge in [0.15, 0.2) is 4.08 Å². The largest absolute Gasteiger partial charge is 0.284 e. The standard InChI is InChI=1S/C12H17ClO3S2/c1-2-3-4-9-12(17,18(14,15)16)10-5-7-11(13)8-6-10/h5-8,17H,2-4,9H2,1H3,(H,14,15,16). The molecular weight excluding hydrogens is 292 g/mol. The molecule has 18 heavy (non-hydrogen) atoms. The van der Waals surface area contributed by atoms with Crippen LogP contribution in [0.5, 0.6) is 0 Å². The molecule has 6 heteroatoms. The van der Waals surface area contributed by atoms with E-state index >= 15 is 0 Å². The molecule has 0 amide bonds. The average Bonchev–Trinajstić information content (AvgIpc) is 2.28. The quantitative estimate of drug-likeness (QED) is 0.476. The molecule has 0 fully saturated rings. The molecule has 1 aromatic rings. The molecule has 1 unspecified atom stereocenters. The molecular formula is C12H17ClO3S2. The van der Waals surface area contributed by atoms with Gasteiger partial charge in [-0.15, -0.1) is 12.6 Å². The van der Waals surface area contributed by atoms with E-state index in [0.29, 0.717) is 17.0 Å². The topological polar surface area (TPSA) is 54.4 Å². The minimum Gasteiger partial charge on any atom is -0.284 e. The molecule has 102 valence electrons. The van der Waals surface area contributed by atoms with Gasteiger partial charge in [-0.25, -0.2) is 0 Å². The van der Waals surface area contributed by atoms with Crippen LogP contribution < -0.4 is 0 Å². The Kier molecular flexibility index (Phi) is 5.52. The van der Waals surface area contributed by atoms with E-state index in [9.17, 15) is 13.0 Å². The summed E-state index contributed by atoms with van der Waals surface area (Å²) in [6.07, 6.45) is 2.81. The molecule has 0 aliphatic heterocycles. The molecule has 0 radical (unpaired) electrons. The van der Waals surface area contributed by atoms with Gasteiger partial charge in [0, 0.05) is 5.02 Å². The molecule has 3 nitrogen and oxygen atoms in total. The zero-order valence-electron chi connectivity index (χ0n) is 10.1. The molecule has 0 saturated heterocycles. The van der Waals surface area contributed by atoms with Crippen molar-refractivity contribution in [3.05, 3.63) is 34.9 Å². The first-order chi connectivity index (χ1) is 8.31. The number of halogens is 1. The number of hydrogen-bond donors (Lipinski definition) is 2. The van der Waals surface area contributed by atoms with E-state index in [0.717, 1.165) is 12.8 Å². The first-order valence-electron chi connectivity index (χ1n) is 5.76. The number of rotatable bonds is 6. The summed E-state index contributed by atoms with van der Waals surface area (Å²) in [5.74, 6) is 0. The Morgan fingerprint density at radius 1 is 1.28 bits per heavy atom. The smallest absolute Gasteiger partial charge is 0.284 e. The van der Waals surface area contributed by atoms with Crippen molar-refractivity contribution in [2.45, 2.75) is 36.7 Å². The normalized spacial score (nSPS) is 15.3. The molecule has 1 aromatic carbocycles. The Bertz CT molecular complexity index is 485. The molecule has 1 rings (SSSR count). The van der Waals surface area contributed by atoms with Crippen molar-refractivity contribution in [2.75, 3.05) is 0 Å². The number of hydrogen-bond acceptors (Lipinski definition) is 3. The fourth-order valence-corrected chi connectivity index (χ4v) is 3.02. The second-order valence-electron chi connectivity index (χ2n) is 4.22. The Hall–Kier alpha value is -0.230. The summed E-state index contributed by atoms with van der Waals surface area (Å²) in [7, 11) is -4.29. The Labute approximate surface area is 119 Å². The molecule has 0 aliphatic carbocycles. The predicted molar refractivity (Wildman–Crippen MR) is 77.8 cm³/mol. The zero-order chi connectivity index (χ0) is 13.8. The lowest BCUT2D eigenvalue weighted by Crippen LogP contribution is -2.29. The number of thiol groups is 1. The summed E-state index contributed by atoms with van der Waals surface area (Å²) >= 11 is 9.98. The third-order valence-electron chi connectivity index (χ3n) is 2.84. The highest BCUT2D eigenvalue weighted by Gasteiger charge is 2.40. The molecule has 0 aromatic heterocycles. The third kappa shape index (κ3) is 3.63. The first kappa shape index (κ1) is 15.8. The van der Waals surface area contributed by atoms with Gasteiger partial charge < -0.3 is 0 Å². The van der Waals surface area contributed by atoms with Gasteiger partial charge in [-0.05, 0) is 24.1 Å². The molecule has 1 atom stereocenters. The van der Waals surface area contributed by atoms with Gasteiger partial charge in [0.25, 0.3) is 10.1 Å². The summed E-state index contributed by atoms with van der Waals surface area (Å²) in [5.41, 5.74) is 0.439. The van der Waals surface area contributed by atoms with Gasteiger partial charge in [-0.3, -0.25) is 4.55 Å². The van der Waals surface area contributed by atoms with Crippen molar-refractivity contribution in [2.24, 2.45) is 0 Å². The van der Waals surface area contributed by atoms with Crippen molar-refractivity contribution in [1.29, 1.82) is 0 Å². The van der Waals surface area contributed by atoms with Gasteiger partial charge in [0.2, 0.25) is 0 Å². The maximum atomic E-state index is 11.6. The van der Waals surface area contributed by atoms with Crippen LogP contribution in [0, 0.1) is 0 Å².